The molecule has 1 aliphatic rings. The third-order valence-electron chi connectivity index (χ3n) is 3.56. The van der Waals surface area contributed by atoms with E-state index in [1.165, 1.54) is 0 Å². The van der Waals surface area contributed by atoms with Crippen LogP contribution in [0.5, 0.6) is 0 Å². The standard InChI is InChI=1S/C14H26N2O3/c1-11(2)7-8-12-5-4-10-16(12)14(19)15-9-3-6-13(17)18/h11-12H,3-10H2,1-2H3,(H,15,19)(H,17,18). The first-order valence-corrected chi connectivity index (χ1v) is 7.27. The normalized spacial score (nSPS) is 18.9. The van der Waals surface area contributed by atoms with Crippen LogP contribution in [0.2, 0.25) is 0 Å². The molecule has 5 nitrogen and oxygen atoms in total. The van der Waals surface area contributed by atoms with Crippen LogP contribution in [0, 0.1) is 5.92 Å². The summed E-state index contributed by atoms with van der Waals surface area (Å²) < 4.78 is 0. The largest absolute Gasteiger partial charge is 0.481 e. The molecule has 1 heterocycles. The number of carboxylic acids is 1. The van der Waals surface area contributed by atoms with E-state index in [9.17, 15) is 9.59 Å². The van der Waals surface area contributed by atoms with Crippen LogP contribution in [-0.4, -0.2) is 41.1 Å². The number of likely N-dealkylation sites (tertiary alicyclic amines) is 1. The maximum absolute atomic E-state index is 12.0. The van der Waals surface area contributed by atoms with Crippen LogP contribution in [0.4, 0.5) is 4.79 Å². The molecule has 5 heteroatoms. The lowest BCUT2D eigenvalue weighted by molar-refractivity contribution is -0.137. The zero-order valence-corrected chi connectivity index (χ0v) is 12.0. The number of nitrogens with zero attached hydrogens (tertiary/aromatic N) is 1. The molecule has 0 bridgehead atoms. The van der Waals surface area contributed by atoms with Gasteiger partial charge in [0.15, 0.2) is 0 Å². The van der Waals surface area contributed by atoms with Crippen molar-refractivity contribution in [3.8, 4) is 0 Å². The van der Waals surface area contributed by atoms with Gasteiger partial charge in [-0.25, -0.2) is 4.79 Å². The highest BCUT2D eigenvalue weighted by Crippen LogP contribution is 2.23. The Labute approximate surface area is 115 Å². The Morgan fingerprint density at radius 3 is 2.79 bits per heavy atom. The second-order valence-corrected chi connectivity index (χ2v) is 5.69. The zero-order valence-electron chi connectivity index (χ0n) is 12.0. The van der Waals surface area contributed by atoms with E-state index in [1.54, 1.807) is 0 Å². The number of rotatable bonds is 7. The van der Waals surface area contributed by atoms with Crippen molar-refractivity contribution in [2.24, 2.45) is 5.92 Å². The second-order valence-electron chi connectivity index (χ2n) is 5.69. The molecule has 2 amide bonds. The molecule has 0 aromatic rings. The van der Waals surface area contributed by atoms with Crippen molar-refractivity contribution in [1.29, 1.82) is 0 Å². The van der Waals surface area contributed by atoms with E-state index < -0.39 is 5.97 Å². The first kappa shape index (κ1) is 15.8. The summed E-state index contributed by atoms with van der Waals surface area (Å²) in [5.74, 6) is -0.147. The molecule has 0 radical (unpaired) electrons. The van der Waals surface area contributed by atoms with Gasteiger partial charge in [-0.3, -0.25) is 4.79 Å². The van der Waals surface area contributed by atoms with Crippen molar-refractivity contribution in [3.05, 3.63) is 0 Å². The molecule has 1 atom stereocenters. The van der Waals surface area contributed by atoms with Crippen LogP contribution in [0.3, 0.4) is 0 Å². The average molecular weight is 270 g/mol. The average Bonchev–Trinajstić information content (AvgIpc) is 2.79. The number of carboxylic acid groups (broad SMARTS) is 1. The van der Waals surface area contributed by atoms with Gasteiger partial charge in [0.1, 0.15) is 0 Å². The van der Waals surface area contributed by atoms with Crippen molar-refractivity contribution in [3.63, 3.8) is 0 Å². The molecule has 1 saturated heterocycles. The van der Waals surface area contributed by atoms with Crippen LogP contribution in [0.15, 0.2) is 0 Å². The Morgan fingerprint density at radius 2 is 2.16 bits per heavy atom. The van der Waals surface area contributed by atoms with E-state index in [4.69, 9.17) is 5.11 Å². The fourth-order valence-corrected chi connectivity index (χ4v) is 2.47. The maximum Gasteiger partial charge on any atom is 0.317 e. The smallest absolute Gasteiger partial charge is 0.317 e. The third-order valence-corrected chi connectivity index (χ3v) is 3.56. The molecular weight excluding hydrogens is 244 g/mol. The fourth-order valence-electron chi connectivity index (χ4n) is 2.47. The summed E-state index contributed by atoms with van der Waals surface area (Å²) in [7, 11) is 0. The number of urea groups is 1. The summed E-state index contributed by atoms with van der Waals surface area (Å²) >= 11 is 0. The van der Waals surface area contributed by atoms with Crippen molar-refractivity contribution >= 4 is 12.0 Å². The van der Waals surface area contributed by atoms with Gasteiger partial charge in [-0.2, -0.15) is 0 Å². The van der Waals surface area contributed by atoms with Gasteiger partial charge in [0.05, 0.1) is 0 Å². The van der Waals surface area contributed by atoms with E-state index in [0.717, 1.165) is 32.2 Å². The van der Waals surface area contributed by atoms with Gasteiger partial charge in [-0.1, -0.05) is 13.8 Å². The molecule has 0 spiro atoms. The Bertz CT molecular complexity index is 305. The van der Waals surface area contributed by atoms with Crippen LogP contribution in [0.25, 0.3) is 0 Å². The summed E-state index contributed by atoms with van der Waals surface area (Å²) in [6, 6.07) is 0.332. The van der Waals surface area contributed by atoms with Gasteiger partial charge in [0, 0.05) is 25.6 Å². The molecular formula is C14H26N2O3. The SMILES string of the molecule is CC(C)CCC1CCCN1C(=O)NCCCC(=O)O. The van der Waals surface area contributed by atoms with Gasteiger partial charge in [-0.05, 0) is 38.0 Å². The molecule has 1 fully saturated rings. The number of hydrogen-bond donors (Lipinski definition) is 2. The topological polar surface area (TPSA) is 69.6 Å². The summed E-state index contributed by atoms with van der Waals surface area (Å²) in [6.45, 7) is 5.67. The van der Waals surface area contributed by atoms with E-state index in [1.807, 2.05) is 4.90 Å². The molecule has 0 saturated carbocycles. The molecule has 1 rings (SSSR count). The van der Waals surface area contributed by atoms with E-state index in [0.29, 0.717) is 24.9 Å². The number of carbonyl (C=O) groups excluding carboxylic acids is 1. The quantitative estimate of drug-likeness (QED) is 0.698. The molecule has 0 aromatic carbocycles. The number of nitrogens with one attached hydrogen (secondary N) is 1. The first-order chi connectivity index (χ1) is 9.00. The lowest BCUT2D eigenvalue weighted by Gasteiger charge is -2.25. The summed E-state index contributed by atoms with van der Waals surface area (Å²) in [6.07, 6.45) is 4.98. The van der Waals surface area contributed by atoms with Gasteiger partial charge in [-0.15, -0.1) is 0 Å². The minimum atomic E-state index is -0.815. The molecule has 1 unspecified atom stereocenters. The molecule has 1 aliphatic heterocycles. The fraction of sp³-hybridized carbons (Fsp3) is 0.857. The molecule has 2 N–H and O–H groups in total. The Balaban J connectivity index is 2.27. The number of aliphatic carboxylic acids is 1. The predicted octanol–water partition coefficient (Wildman–Crippen LogP) is 2.46. The van der Waals surface area contributed by atoms with E-state index >= 15 is 0 Å². The van der Waals surface area contributed by atoms with Gasteiger partial charge < -0.3 is 15.3 Å². The Kier molecular flexibility index (Phi) is 6.67. The Morgan fingerprint density at radius 1 is 1.42 bits per heavy atom. The summed E-state index contributed by atoms with van der Waals surface area (Å²) in [5, 5.41) is 11.4. The summed E-state index contributed by atoms with van der Waals surface area (Å²) in [5.41, 5.74) is 0. The van der Waals surface area contributed by atoms with E-state index in [-0.39, 0.29) is 12.5 Å². The highest BCUT2D eigenvalue weighted by atomic mass is 16.4. The van der Waals surface area contributed by atoms with E-state index in [2.05, 4.69) is 19.2 Å². The predicted molar refractivity (Wildman–Crippen MR) is 74.1 cm³/mol. The van der Waals surface area contributed by atoms with Crippen LogP contribution < -0.4 is 5.32 Å². The molecule has 0 aromatic heterocycles. The Hall–Kier alpha value is -1.26. The van der Waals surface area contributed by atoms with Crippen LogP contribution >= 0.6 is 0 Å². The minimum absolute atomic E-state index is 0.0309. The van der Waals surface area contributed by atoms with Crippen LogP contribution in [0.1, 0.15) is 52.4 Å². The molecule has 0 aliphatic carbocycles. The third kappa shape index (κ3) is 5.94. The van der Waals surface area contributed by atoms with Gasteiger partial charge in [0.25, 0.3) is 0 Å². The first-order valence-electron chi connectivity index (χ1n) is 7.27. The molecule has 110 valence electrons. The van der Waals surface area contributed by atoms with Gasteiger partial charge in [0.2, 0.25) is 0 Å². The lowest BCUT2D eigenvalue weighted by Crippen LogP contribution is -2.43. The van der Waals surface area contributed by atoms with Crippen molar-refractivity contribution < 1.29 is 14.7 Å². The number of carbonyl (C=O) groups is 2. The number of hydrogen-bond acceptors (Lipinski definition) is 2. The van der Waals surface area contributed by atoms with Crippen molar-refractivity contribution in [2.45, 2.75) is 58.4 Å². The highest BCUT2D eigenvalue weighted by molar-refractivity contribution is 5.75. The van der Waals surface area contributed by atoms with Crippen molar-refractivity contribution in [1.82, 2.24) is 10.2 Å². The highest BCUT2D eigenvalue weighted by Gasteiger charge is 2.28. The minimum Gasteiger partial charge on any atom is -0.481 e. The van der Waals surface area contributed by atoms with Gasteiger partial charge >= 0.3 is 12.0 Å². The van der Waals surface area contributed by atoms with Crippen molar-refractivity contribution in [2.75, 3.05) is 13.1 Å². The maximum atomic E-state index is 12.0. The number of amides is 2. The summed E-state index contributed by atoms with van der Waals surface area (Å²) in [4.78, 5) is 24.3. The zero-order chi connectivity index (χ0) is 14.3. The van der Waals surface area contributed by atoms with Crippen LogP contribution in [-0.2, 0) is 4.79 Å². The monoisotopic (exact) mass is 270 g/mol. The molecule has 19 heavy (non-hydrogen) atoms. The second kappa shape index (κ2) is 8.02. The lowest BCUT2D eigenvalue weighted by atomic mass is 10.0.